The third-order valence-corrected chi connectivity index (χ3v) is 13.7. The maximum Gasteiger partial charge on any atom is 0.409 e. The second-order valence-electron chi connectivity index (χ2n) is 17.5. The van der Waals surface area contributed by atoms with E-state index < -0.39 is 69.2 Å². The fourth-order valence-corrected chi connectivity index (χ4v) is 10.0. The van der Waals surface area contributed by atoms with Gasteiger partial charge in [0.05, 0.1) is 72.3 Å². The van der Waals surface area contributed by atoms with Crippen LogP contribution in [0.15, 0.2) is 94.7 Å². The smallest absolute Gasteiger partial charge is 0.409 e. The summed E-state index contributed by atoms with van der Waals surface area (Å²) in [5, 5.41) is 27.1. The molecule has 4 aromatic rings. The zero-order valence-corrected chi connectivity index (χ0v) is 42.4. The number of benzene rings is 4. The van der Waals surface area contributed by atoms with Crippen molar-refractivity contribution < 1.29 is 57.6 Å². The van der Waals surface area contributed by atoms with Crippen molar-refractivity contribution in [2.75, 3.05) is 67.7 Å². The molecule has 0 bridgehead atoms. The number of methoxy groups -OCH3 is 4. The van der Waals surface area contributed by atoms with Gasteiger partial charge in [0.25, 0.3) is 11.4 Å². The molecule has 0 aromatic heterocycles. The molecule has 2 aliphatic heterocycles. The molecule has 0 aliphatic carbocycles. The summed E-state index contributed by atoms with van der Waals surface area (Å²) in [5.41, 5.74) is 2.42. The number of nitro groups is 2. The van der Waals surface area contributed by atoms with Crippen LogP contribution in [0.2, 0.25) is 0 Å². The van der Waals surface area contributed by atoms with Gasteiger partial charge in [0.2, 0.25) is 11.8 Å². The van der Waals surface area contributed by atoms with Crippen LogP contribution in [0, 0.1) is 20.2 Å². The molecule has 0 radical (unpaired) electrons. The second kappa shape index (κ2) is 23.9. The van der Waals surface area contributed by atoms with Gasteiger partial charge >= 0.3 is 24.1 Å². The summed E-state index contributed by atoms with van der Waals surface area (Å²) in [6.07, 6.45) is 3.84. The van der Waals surface area contributed by atoms with Crippen LogP contribution >= 0.6 is 11.8 Å². The highest BCUT2D eigenvalue weighted by Crippen LogP contribution is 2.50. The predicted octanol–water partition coefficient (Wildman–Crippen LogP) is 8.17. The number of piperazine rings is 2. The predicted molar refractivity (Wildman–Crippen MR) is 270 cm³/mol. The molecule has 6 rings (SSSR count). The minimum atomic E-state index is -1.17. The van der Waals surface area contributed by atoms with Crippen molar-refractivity contribution in [2.45, 2.75) is 61.4 Å². The summed E-state index contributed by atoms with van der Waals surface area (Å²) in [7, 11) is 4.72. The number of esters is 2. The fourth-order valence-electron chi connectivity index (χ4n) is 8.99. The van der Waals surface area contributed by atoms with Gasteiger partial charge < -0.3 is 38.5 Å². The lowest BCUT2D eigenvalue weighted by molar-refractivity contribution is -0.387. The molecule has 2 unspecified atom stereocenters. The first kappa shape index (κ1) is 54.3. The number of hydrogen-bond donors (Lipinski definition) is 0. The Morgan fingerprint density at radius 2 is 0.932 bits per heavy atom. The first-order valence-corrected chi connectivity index (χ1v) is 24.0. The van der Waals surface area contributed by atoms with Gasteiger partial charge in [-0.05, 0) is 69.5 Å². The first-order valence-electron chi connectivity index (χ1n) is 23.1. The van der Waals surface area contributed by atoms with E-state index in [1.165, 1.54) is 70.3 Å². The third-order valence-electron chi connectivity index (χ3n) is 12.6. The van der Waals surface area contributed by atoms with Crippen molar-refractivity contribution in [3.8, 4) is 22.3 Å². The van der Waals surface area contributed by atoms with E-state index in [2.05, 4.69) is 0 Å². The van der Waals surface area contributed by atoms with E-state index >= 15 is 0 Å². The van der Waals surface area contributed by atoms with Crippen LogP contribution in [0.25, 0.3) is 34.4 Å². The first-order chi connectivity index (χ1) is 34.9. The molecule has 4 aromatic carbocycles. The topological polar surface area (TPSA) is 239 Å². The van der Waals surface area contributed by atoms with E-state index in [4.69, 9.17) is 18.9 Å². The van der Waals surface area contributed by atoms with E-state index in [0.29, 0.717) is 11.1 Å². The fraction of sp³-hybridized carbons (Fsp3) is 0.346. The Kier molecular flexibility index (Phi) is 17.8. The Hall–Kier alpha value is -8.07. The molecule has 0 N–H and O–H groups in total. The lowest BCUT2D eigenvalue weighted by Gasteiger charge is -2.38. The lowest BCUT2D eigenvalue weighted by Crippen LogP contribution is -2.59. The summed E-state index contributed by atoms with van der Waals surface area (Å²) < 4.78 is 19.6. The number of carbonyl (C=O) groups is 6. The van der Waals surface area contributed by atoms with Gasteiger partial charge in [-0.1, -0.05) is 100 Å². The maximum absolute atomic E-state index is 13.9. The number of amides is 4. The Morgan fingerprint density at radius 3 is 1.26 bits per heavy atom. The zero-order valence-electron chi connectivity index (χ0n) is 41.6. The molecule has 384 valence electrons. The van der Waals surface area contributed by atoms with E-state index in [1.807, 2.05) is 39.8 Å². The van der Waals surface area contributed by atoms with Crippen molar-refractivity contribution in [2.24, 2.45) is 0 Å². The molecule has 20 nitrogen and oxygen atoms in total. The Bertz CT molecular complexity index is 2690. The molecule has 2 saturated heterocycles. The molecule has 2 aliphatic rings. The Balaban J connectivity index is 1.50. The van der Waals surface area contributed by atoms with Crippen LogP contribution in [-0.4, -0.2) is 145 Å². The van der Waals surface area contributed by atoms with Gasteiger partial charge in [-0.15, -0.1) is 0 Å². The largest absolute Gasteiger partial charge is 0.467 e. The number of ether oxygens (including phenoxy) is 4. The summed E-state index contributed by atoms with van der Waals surface area (Å²) >= 11 is 0.806. The normalized spacial score (nSPS) is 16.0. The van der Waals surface area contributed by atoms with E-state index in [1.54, 1.807) is 48.5 Å². The van der Waals surface area contributed by atoms with Gasteiger partial charge in [0.15, 0.2) is 0 Å². The van der Waals surface area contributed by atoms with Crippen LogP contribution in [-0.2, 0) is 38.1 Å². The third kappa shape index (κ3) is 11.8. The number of hydrogen-bond acceptors (Lipinski definition) is 15. The number of carbonyl (C=O) groups excluding carboxylic acids is 6. The Morgan fingerprint density at radius 1 is 0.562 bits per heavy atom. The Labute approximate surface area is 425 Å². The van der Waals surface area contributed by atoms with E-state index in [-0.39, 0.29) is 83.1 Å². The molecule has 73 heavy (non-hydrogen) atoms. The number of nitrogens with zero attached hydrogens (tertiary/aromatic N) is 6. The standard InChI is InChI=1S/C52H56N6O14S/c1-31(2)35-13-9-11-15-37(35)45-33(19-23-43(59)55-27-25-53(51(63)71-7)29-39(55)49(61)69-5)17-21-41(47(45)57(65)66)73-42-22-18-34(46(48(42)58(67)68)38-16-12-10-14-36(38)32(3)4)20-24-44(60)56-28-26-54(52(64)72-8)30-40(56)50(62)70-6/h9-24,31-32,39-40H,25-30H2,1-8H3. The number of nitro benzene ring substituents is 2. The summed E-state index contributed by atoms with van der Waals surface area (Å²) in [5.74, 6) is -3.05. The van der Waals surface area contributed by atoms with Crippen molar-refractivity contribution in [3.05, 3.63) is 127 Å². The lowest BCUT2D eigenvalue weighted by atomic mass is 9.89. The monoisotopic (exact) mass is 1020 g/mol. The quantitative estimate of drug-likeness (QED) is 0.0381. The highest BCUT2D eigenvalue weighted by atomic mass is 32.2. The minimum absolute atomic E-state index is 0.0383. The van der Waals surface area contributed by atoms with Gasteiger partial charge in [-0.3, -0.25) is 29.8 Å². The van der Waals surface area contributed by atoms with E-state index in [9.17, 15) is 49.0 Å². The van der Waals surface area contributed by atoms with Crippen LogP contribution in [0.4, 0.5) is 21.0 Å². The highest BCUT2D eigenvalue weighted by molar-refractivity contribution is 7.99. The van der Waals surface area contributed by atoms with Crippen LogP contribution < -0.4 is 0 Å². The van der Waals surface area contributed by atoms with Crippen molar-refractivity contribution in [1.82, 2.24) is 19.6 Å². The molecule has 4 amide bonds. The van der Waals surface area contributed by atoms with Gasteiger partial charge in [0, 0.05) is 38.3 Å². The highest BCUT2D eigenvalue weighted by Gasteiger charge is 2.39. The zero-order chi connectivity index (χ0) is 53.3. The molecule has 2 fully saturated rings. The molecule has 0 spiro atoms. The van der Waals surface area contributed by atoms with Gasteiger partial charge in [-0.2, -0.15) is 0 Å². The second-order valence-corrected chi connectivity index (χ2v) is 18.6. The van der Waals surface area contributed by atoms with Crippen LogP contribution in [0.5, 0.6) is 0 Å². The minimum Gasteiger partial charge on any atom is -0.467 e. The summed E-state index contributed by atoms with van der Waals surface area (Å²) in [4.78, 5) is 109. The molecule has 2 heterocycles. The summed E-state index contributed by atoms with van der Waals surface area (Å²) in [6, 6.07) is 17.9. The SMILES string of the molecule is COC(=O)C1CN(C(=O)OC)CCN1C(=O)C=Cc1ccc(Sc2ccc(C=CC(=O)N3CCN(C(=O)OC)CC3C(=O)OC)c(-c3ccccc3C(C)C)c2[N+](=O)[O-])c([N+](=O)[O-])c1-c1ccccc1C(C)C. The van der Waals surface area contributed by atoms with Crippen LogP contribution in [0.1, 0.15) is 61.8 Å². The van der Waals surface area contributed by atoms with Crippen molar-refractivity contribution >= 4 is 71.2 Å². The van der Waals surface area contributed by atoms with Gasteiger partial charge in [0.1, 0.15) is 12.1 Å². The molecule has 21 heteroatoms. The van der Waals surface area contributed by atoms with E-state index in [0.717, 1.165) is 37.1 Å². The summed E-state index contributed by atoms with van der Waals surface area (Å²) in [6.45, 7) is 7.35. The maximum atomic E-state index is 13.9. The average molecular weight is 1020 g/mol. The molecule has 2 atom stereocenters. The molecular weight excluding hydrogens is 965 g/mol. The van der Waals surface area contributed by atoms with Crippen molar-refractivity contribution in [1.29, 1.82) is 0 Å². The number of rotatable bonds is 14. The van der Waals surface area contributed by atoms with Gasteiger partial charge in [-0.25, -0.2) is 19.2 Å². The van der Waals surface area contributed by atoms with Crippen LogP contribution in [0.3, 0.4) is 0 Å². The van der Waals surface area contributed by atoms with Crippen molar-refractivity contribution in [3.63, 3.8) is 0 Å². The molecule has 0 saturated carbocycles. The average Bonchev–Trinajstić information content (AvgIpc) is 3.40. The molecular formula is C52H56N6O14S.